The summed E-state index contributed by atoms with van der Waals surface area (Å²) in [6, 6.07) is 0.960. The van der Waals surface area contributed by atoms with Gasteiger partial charge in [-0.25, -0.2) is 9.97 Å². The summed E-state index contributed by atoms with van der Waals surface area (Å²) < 4.78 is 37.8. The molecule has 3 nitrogen and oxygen atoms in total. The summed E-state index contributed by atoms with van der Waals surface area (Å²) in [6.07, 6.45) is -2.60. The molecule has 2 rings (SSSR count). The molecule has 1 fully saturated rings. The molecular weight excluding hydrogens is 267 g/mol. The van der Waals surface area contributed by atoms with E-state index < -0.39 is 11.9 Å². The van der Waals surface area contributed by atoms with Crippen molar-refractivity contribution in [2.24, 2.45) is 5.92 Å². The highest BCUT2D eigenvalue weighted by Crippen LogP contribution is 2.31. The summed E-state index contributed by atoms with van der Waals surface area (Å²) in [5, 5.41) is -0.363. The largest absolute Gasteiger partial charge is 0.433 e. The van der Waals surface area contributed by atoms with E-state index in [0.717, 1.165) is 18.9 Å². The molecule has 0 spiro atoms. The Hall–Kier alpha value is -1.04. The van der Waals surface area contributed by atoms with E-state index in [1.165, 1.54) is 0 Å². The lowest BCUT2D eigenvalue weighted by Gasteiger charge is -2.31. The van der Waals surface area contributed by atoms with Gasteiger partial charge in [0.1, 0.15) is 5.82 Å². The van der Waals surface area contributed by atoms with Crippen molar-refractivity contribution in [2.75, 3.05) is 18.0 Å². The average molecular weight is 280 g/mol. The number of halogens is 4. The van der Waals surface area contributed by atoms with Crippen LogP contribution >= 0.6 is 11.6 Å². The van der Waals surface area contributed by atoms with Gasteiger partial charge >= 0.3 is 6.18 Å². The molecule has 7 heteroatoms. The first-order chi connectivity index (χ1) is 8.36. The molecule has 0 unspecified atom stereocenters. The maximum atomic E-state index is 12.6. The fourth-order valence-electron chi connectivity index (χ4n) is 1.95. The molecule has 1 aromatic heterocycles. The zero-order chi connectivity index (χ0) is 13.3. The van der Waals surface area contributed by atoms with Gasteiger partial charge in [-0.15, -0.1) is 0 Å². The molecule has 100 valence electrons. The molecule has 0 amide bonds. The van der Waals surface area contributed by atoms with Gasteiger partial charge in [-0.05, 0) is 30.4 Å². The zero-order valence-electron chi connectivity index (χ0n) is 9.84. The van der Waals surface area contributed by atoms with Crippen LogP contribution < -0.4 is 4.90 Å². The van der Waals surface area contributed by atoms with E-state index in [9.17, 15) is 13.2 Å². The number of piperidine rings is 1. The van der Waals surface area contributed by atoms with Gasteiger partial charge in [-0.3, -0.25) is 0 Å². The molecule has 0 saturated carbocycles. The quantitative estimate of drug-likeness (QED) is 0.738. The van der Waals surface area contributed by atoms with Gasteiger partial charge in [0.15, 0.2) is 5.69 Å². The van der Waals surface area contributed by atoms with Crippen LogP contribution in [0.15, 0.2) is 6.07 Å². The molecule has 1 aromatic rings. The summed E-state index contributed by atoms with van der Waals surface area (Å²) in [4.78, 5) is 8.92. The van der Waals surface area contributed by atoms with Crippen LogP contribution in [0.5, 0.6) is 0 Å². The highest BCUT2D eigenvalue weighted by atomic mass is 35.5. The molecule has 0 N–H and O–H groups in total. The van der Waals surface area contributed by atoms with Crippen LogP contribution in [-0.4, -0.2) is 23.1 Å². The zero-order valence-corrected chi connectivity index (χ0v) is 10.6. The van der Waals surface area contributed by atoms with Crippen molar-refractivity contribution in [3.63, 3.8) is 0 Å². The topological polar surface area (TPSA) is 29.0 Å². The highest BCUT2D eigenvalue weighted by molar-refractivity contribution is 6.28. The van der Waals surface area contributed by atoms with Gasteiger partial charge in [0.2, 0.25) is 5.28 Å². The molecule has 0 radical (unpaired) electrons. The third kappa shape index (κ3) is 3.04. The predicted octanol–water partition coefficient (Wildman–Crippen LogP) is 3.39. The Morgan fingerprint density at radius 2 is 1.89 bits per heavy atom. The minimum absolute atomic E-state index is 0.259. The summed E-state index contributed by atoms with van der Waals surface area (Å²) >= 11 is 5.56. The third-order valence-corrected chi connectivity index (χ3v) is 3.25. The molecule has 0 aliphatic carbocycles. The highest BCUT2D eigenvalue weighted by Gasteiger charge is 2.34. The molecular formula is C11H13ClF3N3. The van der Waals surface area contributed by atoms with Crippen LogP contribution in [0.4, 0.5) is 19.0 Å². The van der Waals surface area contributed by atoms with Crippen LogP contribution in [-0.2, 0) is 6.18 Å². The Bertz CT molecular complexity index is 428. The minimum Gasteiger partial charge on any atom is -0.356 e. The van der Waals surface area contributed by atoms with Crippen LogP contribution in [0.1, 0.15) is 25.5 Å². The minimum atomic E-state index is -4.50. The number of hydrogen-bond acceptors (Lipinski definition) is 3. The smallest absolute Gasteiger partial charge is 0.356 e. The Balaban J connectivity index is 2.25. The van der Waals surface area contributed by atoms with Gasteiger partial charge in [0.05, 0.1) is 0 Å². The monoisotopic (exact) mass is 279 g/mol. The first-order valence-electron chi connectivity index (χ1n) is 5.73. The molecule has 0 bridgehead atoms. The number of alkyl halides is 3. The van der Waals surface area contributed by atoms with Crippen molar-refractivity contribution < 1.29 is 13.2 Å². The maximum Gasteiger partial charge on any atom is 0.433 e. The second kappa shape index (κ2) is 4.91. The SMILES string of the molecule is CC1CCN(c2cc(C(F)(F)F)nc(Cl)n2)CC1. The van der Waals surface area contributed by atoms with Crippen LogP contribution in [0.3, 0.4) is 0 Å². The molecule has 0 atom stereocenters. The molecule has 1 aliphatic heterocycles. The predicted molar refractivity (Wildman–Crippen MR) is 62.7 cm³/mol. The molecule has 0 aromatic carbocycles. The number of aromatic nitrogens is 2. The summed E-state index contributed by atoms with van der Waals surface area (Å²) in [5.41, 5.74) is -0.990. The fourth-order valence-corrected chi connectivity index (χ4v) is 2.13. The number of rotatable bonds is 1. The van der Waals surface area contributed by atoms with Gasteiger partial charge in [0, 0.05) is 19.2 Å². The van der Waals surface area contributed by atoms with Crippen LogP contribution in [0.25, 0.3) is 0 Å². The number of hydrogen-bond donors (Lipinski definition) is 0. The second-order valence-electron chi connectivity index (χ2n) is 4.55. The molecule has 1 aliphatic rings. The van der Waals surface area contributed by atoms with Crippen molar-refractivity contribution in [3.8, 4) is 0 Å². The van der Waals surface area contributed by atoms with Crippen molar-refractivity contribution >= 4 is 17.4 Å². The number of nitrogens with zero attached hydrogens (tertiary/aromatic N) is 3. The van der Waals surface area contributed by atoms with E-state index in [-0.39, 0.29) is 11.1 Å². The van der Waals surface area contributed by atoms with E-state index in [4.69, 9.17) is 11.6 Å². The number of anilines is 1. The first kappa shape index (κ1) is 13.4. The Morgan fingerprint density at radius 1 is 1.28 bits per heavy atom. The molecule has 18 heavy (non-hydrogen) atoms. The molecule has 1 saturated heterocycles. The lowest BCUT2D eigenvalue weighted by atomic mass is 9.99. The first-order valence-corrected chi connectivity index (χ1v) is 6.11. The van der Waals surface area contributed by atoms with Gasteiger partial charge in [0.25, 0.3) is 0 Å². The van der Waals surface area contributed by atoms with Crippen LogP contribution in [0.2, 0.25) is 5.28 Å². The van der Waals surface area contributed by atoms with Crippen LogP contribution in [0, 0.1) is 5.92 Å². The lowest BCUT2D eigenvalue weighted by Crippen LogP contribution is -2.33. The van der Waals surface area contributed by atoms with E-state index in [0.29, 0.717) is 19.0 Å². The summed E-state index contributed by atoms with van der Waals surface area (Å²) in [6.45, 7) is 3.53. The standard InChI is InChI=1S/C11H13ClF3N3/c1-7-2-4-18(5-3-7)9-6-8(11(13,14)15)16-10(12)17-9/h6-7H,2-5H2,1H3. The Labute approximate surface area is 108 Å². The Morgan fingerprint density at radius 3 is 2.44 bits per heavy atom. The van der Waals surface area contributed by atoms with Crippen molar-refractivity contribution in [2.45, 2.75) is 25.9 Å². The Kier molecular flexibility index (Phi) is 3.66. The van der Waals surface area contributed by atoms with Gasteiger partial charge in [-0.2, -0.15) is 13.2 Å². The average Bonchev–Trinajstić information content (AvgIpc) is 2.28. The van der Waals surface area contributed by atoms with Gasteiger partial charge < -0.3 is 4.90 Å². The summed E-state index contributed by atoms with van der Waals surface area (Å²) in [5.74, 6) is 0.856. The van der Waals surface area contributed by atoms with E-state index >= 15 is 0 Å². The lowest BCUT2D eigenvalue weighted by molar-refractivity contribution is -0.141. The normalized spacial score (nSPS) is 18.2. The van der Waals surface area contributed by atoms with Crippen molar-refractivity contribution in [3.05, 3.63) is 17.0 Å². The summed E-state index contributed by atoms with van der Waals surface area (Å²) in [7, 11) is 0. The van der Waals surface area contributed by atoms with Gasteiger partial charge in [-0.1, -0.05) is 6.92 Å². The fraction of sp³-hybridized carbons (Fsp3) is 0.636. The van der Waals surface area contributed by atoms with E-state index in [1.54, 1.807) is 0 Å². The maximum absolute atomic E-state index is 12.6. The van der Waals surface area contributed by atoms with E-state index in [1.807, 2.05) is 4.90 Å². The second-order valence-corrected chi connectivity index (χ2v) is 4.89. The molecule has 2 heterocycles. The van der Waals surface area contributed by atoms with Crippen molar-refractivity contribution in [1.29, 1.82) is 0 Å². The van der Waals surface area contributed by atoms with E-state index in [2.05, 4.69) is 16.9 Å². The van der Waals surface area contributed by atoms with Crippen molar-refractivity contribution in [1.82, 2.24) is 9.97 Å². The third-order valence-electron chi connectivity index (χ3n) is 3.08.